The third-order valence-corrected chi connectivity index (χ3v) is 3.08. The highest BCUT2D eigenvalue weighted by atomic mass is 16.5. The van der Waals surface area contributed by atoms with Gasteiger partial charge in [-0.1, -0.05) is 6.07 Å². The van der Waals surface area contributed by atoms with Gasteiger partial charge in [0.25, 0.3) is 0 Å². The predicted octanol–water partition coefficient (Wildman–Crippen LogP) is 1.31. The minimum absolute atomic E-state index is 0.0326. The van der Waals surface area contributed by atoms with Crippen molar-refractivity contribution in [2.75, 3.05) is 31.5 Å². The first-order valence-corrected chi connectivity index (χ1v) is 6.98. The van der Waals surface area contributed by atoms with E-state index in [2.05, 4.69) is 15.6 Å². The van der Waals surface area contributed by atoms with Gasteiger partial charge in [0.15, 0.2) is 0 Å². The van der Waals surface area contributed by atoms with Crippen molar-refractivity contribution in [2.45, 2.75) is 26.1 Å². The quantitative estimate of drug-likeness (QED) is 0.815. The highest BCUT2D eigenvalue weighted by Crippen LogP contribution is 2.10. The molecule has 1 fully saturated rings. The number of aromatic nitrogens is 1. The summed E-state index contributed by atoms with van der Waals surface area (Å²) in [7, 11) is 0. The van der Waals surface area contributed by atoms with Gasteiger partial charge in [0.05, 0.1) is 12.2 Å². The van der Waals surface area contributed by atoms with Gasteiger partial charge in [0.2, 0.25) is 0 Å². The normalized spacial score (nSPS) is 22.4. The molecule has 1 aliphatic rings. The lowest BCUT2D eigenvalue weighted by atomic mass is 10.2. The van der Waals surface area contributed by atoms with E-state index in [9.17, 15) is 4.79 Å². The molecule has 1 saturated heterocycles. The topological polar surface area (TPSA) is 66.5 Å². The number of hydrogen-bond acceptors (Lipinski definition) is 4. The van der Waals surface area contributed by atoms with Crippen LogP contribution in [0.15, 0.2) is 24.4 Å². The van der Waals surface area contributed by atoms with Crippen LogP contribution in [0.4, 0.5) is 10.6 Å². The van der Waals surface area contributed by atoms with E-state index in [1.165, 1.54) is 0 Å². The Kier molecular flexibility index (Phi) is 5.17. The number of nitrogens with zero attached hydrogens (tertiary/aromatic N) is 2. The first-order chi connectivity index (χ1) is 9.65. The van der Waals surface area contributed by atoms with Crippen molar-refractivity contribution in [3.05, 3.63) is 24.4 Å². The number of pyridine rings is 1. The average molecular weight is 278 g/mol. The zero-order valence-corrected chi connectivity index (χ0v) is 12.0. The van der Waals surface area contributed by atoms with E-state index in [1.807, 2.05) is 32.0 Å². The molecule has 2 rings (SSSR count). The smallest absolute Gasteiger partial charge is 0.317 e. The molecular weight excluding hydrogens is 256 g/mol. The van der Waals surface area contributed by atoms with Crippen molar-refractivity contribution >= 4 is 11.8 Å². The summed E-state index contributed by atoms with van der Waals surface area (Å²) in [4.78, 5) is 18.0. The van der Waals surface area contributed by atoms with Crippen LogP contribution in [0.2, 0.25) is 0 Å². The fraction of sp³-hybridized carbons (Fsp3) is 0.571. The van der Waals surface area contributed by atoms with Gasteiger partial charge >= 0.3 is 6.03 Å². The standard InChI is InChI=1S/C14H22N4O2/c1-11-9-18(10-12(2)20-11)14(19)17-8-7-16-13-5-3-4-6-15-13/h3-6,11-12H,7-10H2,1-2H3,(H,15,16)(H,17,19)/t11-,12+. The fourth-order valence-corrected chi connectivity index (χ4v) is 2.28. The van der Waals surface area contributed by atoms with Crippen LogP contribution in [0.3, 0.4) is 0 Å². The third-order valence-electron chi connectivity index (χ3n) is 3.08. The molecule has 20 heavy (non-hydrogen) atoms. The van der Waals surface area contributed by atoms with Gasteiger partial charge in [-0.3, -0.25) is 0 Å². The van der Waals surface area contributed by atoms with Gasteiger partial charge in [-0.05, 0) is 26.0 Å². The van der Waals surface area contributed by atoms with Gasteiger partial charge in [-0.15, -0.1) is 0 Å². The second-order valence-corrected chi connectivity index (χ2v) is 5.04. The molecule has 6 heteroatoms. The lowest BCUT2D eigenvalue weighted by Gasteiger charge is -2.35. The minimum atomic E-state index is -0.0326. The summed E-state index contributed by atoms with van der Waals surface area (Å²) >= 11 is 0. The molecule has 0 spiro atoms. The summed E-state index contributed by atoms with van der Waals surface area (Å²) in [5.41, 5.74) is 0. The molecule has 0 aliphatic carbocycles. The molecule has 0 saturated carbocycles. The van der Waals surface area contributed by atoms with Crippen LogP contribution in [0.25, 0.3) is 0 Å². The van der Waals surface area contributed by atoms with Crippen LogP contribution >= 0.6 is 0 Å². The Morgan fingerprint density at radius 3 is 2.75 bits per heavy atom. The summed E-state index contributed by atoms with van der Waals surface area (Å²) in [6.45, 7) is 6.47. The van der Waals surface area contributed by atoms with Crippen molar-refractivity contribution in [1.29, 1.82) is 0 Å². The lowest BCUT2D eigenvalue weighted by molar-refractivity contribution is -0.0544. The molecule has 1 aromatic rings. The van der Waals surface area contributed by atoms with Crippen molar-refractivity contribution in [1.82, 2.24) is 15.2 Å². The van der Waals surface area contributed by atoms with E-state index >= 15 is 0 Å². The third kappa shape index (κ3) is 4.38. The SMILES string of the molecule is C[C@@H]1CN(C(=O)NCCNc2ccccn2)C[C@H](C)O1. The van der Waals surface area contributed by atoms with E-state index in [4.69, 9.17) is 4.74 Å². The molecule has 1 aromatic heterocycles. The molecule has 0 aromatic carbocycles. The monoisotopic (exact) mass is 278 g/mol. The minimum Gasteiger partial charge on any atom is -0.372 e. The lowest BCUT2D eigenvalue weighted by Crippen LogP contribution is -2.52. The Hall–Kier alpha value is -1.82. The molecule has 2 amide bonds. The molecule has 2 atom stereocenters. The van der Waals surface area contributed by atoms with Gasteiger partial charge in [0, 0.05) is 32.4 Å². The Morgan fingerprint density at radius 2 is 2.10 bits per heavy atom. The highest BCUT2D eigenvalue weighted by molar-refractivity contribution is 5.74. The number of nitrogens with one attached hydrogen (secondary N) is 2. The van der Waals surface area contributed by atoms with Gasteiger partial charge in [-0.25, -0.2) is 9.78 Å². The molecule has 1 aliphatic heterocycles. The second kappa shape index (κ2) is 7.09. The number of hydrogen-bond donors (Lipinski definition) is 2. The summed E-state index contributed by atoms with van der Waals surface area (Å²) in [5, 5.41) is 6.06. The number of amides is 2. The van der Waals surface area contributed by atoms with Gasteiger partial charge in [0.1, 0.15) is 5.82 Å². The van der Waals surface area contributed by atoms with Crippen molar-refractivity contribution in [3.8, 4) is 0 Å². The number of ether oxygens (including phenoxy) is 1. The van der Waals surface area contributed by atoms with Crippen molar-refractivity contribution < 1.29 is 9.53 Å². The zero-order chi connectivity index (χ0) is 14.4. The van der Waals surface area contributed by atoms with Crippen LogP contribution in [0, 0.1) is 0 Å². The van der Waals surface area contributed by atoms with Crippen LogP contribution in [0.1, 0.15) is 13.8 Å². The van der Waals surface area contributed by atoms with Crippen LogP contribution in [-0.4, -0.2) is 54.3 Å². The molecule has 0 unspecified atom stereocenters. The summed E-state index contributed by atoms with van der Waals surface area (Å²) in [6.07, 6.45) is 1.92. The van der Waals surface area contributed by atoms with Crippen molar-refractivity contribution in [3.63, 3.8) is 0 Å². The Balaban J connectivity index is 1.67. The second-order valence-electron chi connectivity index (χ2n) is 5.04. The van der Waals surface area contributed by atoms with E-state index in [1.54, 1.807) is 11.1 Å². The van der Waals surface area contributed by atoms with E-state index in [0.717, 1.165) is 5.82 Å². The zero-order valence-electron chi connectivity index (χ0n) is 12.0. The van der Waals surface area contributed by atoms with Crippen molar-refractivity contribution in [2.24, 2.45) is 0 Å². The molecular formula is C14H22N4O2. The first kappa shape index (κ1) is 14.6. The largest absolute Gasteiger partial charge is 0.372 e. The van der Waals surface area contributed by atoms with Gasteiger partial charge < -0.3 is 20.3 Å². The van der Waals surface area contributed by atoms with E-state index in [0.29, 0.717) is 26.2 Å². The molecule has 0 radical (unpaired) electrons. The van der Waals surface area contributed by atoms with Crippen LogP contribution in [0.5, 0.6) is 0 Å². The maximum atomic E-state index is 12.0. The average Bonchev–Trinajstić information content (AvgIpc) is 2.43. The number of morpholine rings is 1. The Bertz CT molecular complexity index is 416. The van der Waals surface area contributed by atoms with Crippen LogP contribution < -0.4 is 10.6 Å². The Labute approximate surface area is 119 Å². The summed E-state index contributed by atoms with van der Waals surface area (Å²) in [5.74, 6) is 0.815. The predicted molar refractivity (Wildman–Crippen MR) is 77.7 cm³/mol. The maximum Gasteiger partial charge on any atom is 0.317 e. The summed E-state index contributed by atoms with van der Waals surface area (Å²) < 4.78 is 5.61. The maximum absolute atomic E-state index is 12.0. The molecule has 2 N–H and O–H groups in total. The molecule has 2 heterocycles. The number of rotatable bonds is 4. The number of carbonyl (C=O) groups is 1. The molecule has 0 bridgehead atoms. The van der Waals surface area contributed by atoms with E-state index in [-0.39, 0.29) is 18.2 Å². The van der Waals surface area contributed by atoms with Crippen LogP contribution in [-0.2, 0) is 4.74 Å². The molecule has 6 nitrogen and oxygen atoms in total. The number of carbonyl (C=O) groups excluding carboxylic acids is 1. The van der Waals surface area contributed by atoms with Gasteiger partial charge in [-0.2, -0.15) is 0 Å². The fourth-order valence-electron chi connectivity index (χ4n) is 2.28. The number of anilines is 1. The Morgan fingerprint density at radius 1 is 1.35 bits per heavy atom. The first-order valence-electron chi connectivity index (χ1n) is 6.98. The molecule has 110 valence electrons. The highest BCUT2D eigenvalue weighted by Gasteiger charge is 2.25. The number of urea groups is 1. The van der Waals surface area contributed by atoms with E-state index < -0.39 is 0 Å². The summed E-state index contributed by atoms with van der Waals surface area (Å²) in [6, 6.07) is 5.65.